The largest absolute Gasteiger partial charge is 0.469 e. The summed E-state index contributed by atoms with van der Waals surface area (Å²) in [7, 11) is 1.51. The number of carbonyl (C=O) groups excluding carboxylic acids is 1. The third-order valence-corrected chi connectivity index (χ3v) is 10.7. The Balaban J connectivity index is 1.28. The van der Waals surface area contributed by atoms with Gasteiger partial charge in [0.1, 0.15) is 0 Å². The molecule has 0 aromatic carbocycles. The Morgan fingerprint density at radius 2 is 1.79 bits per heavy atom. The second-order valence-corrected chi connectivity index (χ2v) is 11.6. The van der Waals surface area contributed by atoms with Gasteiger partial charge in [0, 0.05) is 6.42 Å². The second-order valence-electron chi connectivity index (χ2n) is 11.6. The highest BCUT2D eigenvalue weighted by molar-refractivity contribution is 5.68. The van der Waals surface area contributed by atoms with E-state index in [-0.39, 0.29) is 5.97 Å². The highest BCUT2D eigenvalue weighted by atomic mass is 16.6. The van der Waals surface area contributed by atoms with Gasteiger partial charge >= 0.3 is 5.97 Å². The first kappa shape index (κ1) is 19.4. The topological polar surface area (TPSA) is 38.8 Å². The number of esters is 1. The molecule has 3 nitrogen and oxygen atoms in total. The van der Waals surface area contributed by atoms with Crippen molar-refractivity contribution >= 4 is 5.97 Å². The second kappa shape index (κ2) is 6.72. The minimum Gasteiger partial charge on any atom is -0.469 e. The number of fused-ring (bicyclic) bond motifs is 5. The molecule has 158 valence electrons. The molecule has 0 aromatic rings. The van der Waals surface area contributed by atoms with Gasteiger partial charge in [-0.3, -0.25) is 4.79 Å². The molecule has 0 aromatic heterocycles. The quantitative estimate of drug-likeness (QED) is 0.454. The van der Waals surface area contributed by atoms with E-state index in [9.17, 15) is 4.79 Å². The molecule has 5 rings (SSSR count). The van der Waals surface area contributed by atoms with Crippen molar-refractivity contribution in [2.45, 2.75) is 96.5 Å². The SMILES string of the molecule is COC(=O)CCC[C@H]1CCC2C3CC[C@H]4CC5(CC[C@]4(C)C3CC[C@@]21C)CO5. The summed E-state index contributed by atoms with van der Waals surface area (Å²) in [6, 6.07) is 0. The molecule has 1 spiro atoms. The van der Waals surface area contributed by atoms with Crippen molar-refractivity contribution in [2.24, 2.45) is 40.4 Å². The van der Waals surface area contributed by atoms with Gasteiger partial charge in [0.05, 0.1) is 19.3 Å². The van der Waals surface area contributed by atoms with E-state index in [0.717, 1.165) is 42.6 Å². The zero-order chi connectivity index (χ0) is 19.6. The summed E-state index contributed by atoms with van der Waals surface area (Å²) in [5.41, 5.74) is 1.42. The predicted octanol–water partition coefficient (Wildman–Crippen LogP) is 5.76. The standard InChI is InChI=1S/C25H40O3/c1-23-12-11-21-19(20(23)10-8-17(23)5-4-6-22(26)27-3)9-7-18-15-25(16-28-25)14-13-24(18,21)2/h17-21H,4-16H2,1-3H3/t17-,18-,19?,20?,21?,23+,24-,25?/m0/s1. The zero-order valence-corrected chi connectivity index (χ0v) is 18.3. The van der Waals surface area contributed by atoms with Crippen LogP contribution in [0.2, 0.25) is 0 Å². The molecule has 28 heavy (non-hydrogen) atoms. The summed E-state index contributed by atoms with van der Waals surface area (Å²) < 4.78 is 10.7. The molecule has 4 unspecified atom stereocenters. The number of ether oxygens (including phenoxy) is 2. The van der Waals surface area contributed by atoms with Crippen LogP contribution in [0.3, 0.4) is 0 Å². The average molecular weight is 389 g/mol. The number of carbonyl (C=O) groups is 1. The minimum absolute atomic E-state index is 0.0376. The molecule has 5 fully saturated rings. The third kappa shape index (κ3) is 2.89. The predicted molar refractivity (Wildman–Crippen MR) is 110 cm³/mol. The summed E-state index contributed by atoms with van der Waals surface area (Å²) in [6.07, 6.45) is 15.5. The molecule has 4 saturated carbocycles. The molecule has 0 bridgehead atoms. The van der Waals surface area contributed by atoms with Gasteiger partial charge in [0.2, 0.25) is 0 Å². The van der Waals surface area contributed by atoms with Gasteiger partial charge in [0.25, 0.3) is 0 Å². The van der Waals surface area contributed by atoms with Crippen LogP contribution < -0.4 is 0 Å². The van der Waals surface area contributed by atoms with E-state index in [1.165, 1.54) is 71.3 Å². The van der Waals surface area contributed by atoms with E-state index >= 15 is 0 Å². The lowest BCUT2D eigenvalue weighted by Crippen LogP contribution is -2.54. The molecule has 0 radical (unpaired) electrons. The van der Waals surface area contributed by atoms with Gasteiger partial charge in [-0.2, -0.15) is 0 Å². The van der Waals surface area contributed by atoms with Crippen LogP contribution >= 0.6 is 0 Å². The lowest BCUT2D eigenvalue weighted by molar-refractivity contribution is -0.141. The van der Waals surface area contributed by atoms with Gasteiger partial charge in [-0.05, 0) is 111 Å². The summed E-state index contributed by atoms with van der Waals surface area (Å²) in [5, 5.41) is 0. The number of hydrogen-bond donors (Lipinski definition) is 0. The van der Waals surface area contributed by atoms with E-state index in [1.54, 1.807) is 0 Å². The Morgan fingerprint density at radius 1 is 1.00 bits per heavy atom. The molecular weight excluding hydrogens is 348 g/mol. The van der Waals surface area contributed by atoms with Crippen molar-refractivity contribution in [1.29, 1.82) is 0 Å². The summed E-state index contributed by atoms with van der Waals surface area (Å²) >= 11 is 0. The number of hydrogen-bond acceptors (Lipinski definition) is 3. The van der Waals surface area contributed by atoms with E-state index in [0.29, 0.717) is 22.9 Å². The monoisotopic (exact) mass is 388 g/mol. The van der Waals surface area contributed by atoms with Crippen molar-refractivity contribution < 1.29 is 14.3 Å². The number of epoxide rings is 1. The fraction of sp³-hybridized carbons (Fsp3) is 0.960. The normalized spacial score (nSPS) is 51.9. The first-order chi connectivity index (χ1) is 13.4. The Hall–Kier alpha value is -0.570. The summed E-state index contributed by atoms with van der Waals surface area (Å²) in [4.78, 5) is 11.5. The van der Waals surface area contributed by atoms with E-state index in [2.05, 4.69) is 13.8 Å². The van der Waals surface area contributed by atoms with Crippen molar-refractivity contribution in [1.82, 2.24) is 0 Å². The maximum absolute atomic E-state index is 11.5. The number of methoxy groups -OCH3 is 1. The maximum atomic E-state index is 11.5. The van der Waals surface area contributed by atoms with Gasteiger partial charge < -0.3 is 9.47 Å². The van der Waals surface area contributed by atoms with Crippen LogP contribution in [0.15, 0.2) is 0 Å². The van der Waals surface area contributed by atoms with E-state index < -0.39 is 0 Å². The molecule has 5 aliphatic rings. The van der Waals surface area contributed by atoms with Crippen LogP contribution in [0.5, 0.6) is 0 Å². The van der Waals surface area contributed by atoms with Crippen molar-refractivity contribution in [3.63, 3.8) is 0 Å². The molecule has 1 heterocycles. The van der Waals surface area contributed by atoms with Gasteiger partial charge in [-0.15, -0.1) is 0 Å². The van der Waals surface area contributed by atoms with E-state index in [1.807, 2.05) is 0 Å². The van der Waals surface area contributed by atoms with Crippen molar-refractivity contribution in [3.05, 3.63) is 0 Å². The van der Waals surface area contributed by atoms with Gasteiger partial charge in [-0.25, -0.2) is 0 Å². The maximum Gasteiger partial charge on any atom is 0.305 e. The molecular formula is C25H40O3. The third-order valence-electron chi connectivity index (χ3n) is 10.7. The van der Waals surface area contributed by atoms with E-state index in [4.69, 9.17) is 9.47 Å². The zero-order valence-electron chi connectivity index (χ0n) is 18.3. The van der Waals surface area contributed by atoms with Gasteiger partial charge in [0.15, 0.2) is 0 Å². The molecule has 1 saturated heterocycles. The minimum atomic E-state index is -0.0376. The van der Waals surface area contributed by atoms with Crippen LogP contribution in [0.4, 0.5) is 0 Å². The molecule has 0 amide bonds. The van der Waals surface area contributed by atoms with Crippen LogP contribution in [0.25, 0.3) is 0 Å². The van der Waals surface area contributed by atoms with Gasteiger partial charge in [-0.1, -0.05) is 13.8 Å². The fourth-order valence-corrected chi connectivity index (χ4v) is 8.85. The van der Waals surface area contributed by atoms with Crippen molar-refractivity contribution in [2.75, 3.05) is 13.7 Å². The van der Waals surface area contributed by atoms with Crippen molar-refractivity contribution in [3.8, 4) is 0 Å². The van der Waals surface area contributed by atoms with Crippen LogP contribution in [0, 0.1) is 40.4 Å². The summed E-state index contributed by atoms with van der Waals surface area (Å²) in [6.45, 7) is 6.32. The lowest BCUT2D eigenvalue weighted by atomic mass is 9.44. The molecule has 4 aliphatic carbocycles. The summed E-state index contributed by atoms with van der Waals surface area (Å²) in [5.74, 6) is 4.54. The fourth-order valence-electron chi connectivity index (χ4n) is 8.85. The van der Waals surface area contributed by atoms with Crippen LogP contribution in [-0.4, -0.2) is 25.3 Å². The highest BCUT2D eigenvalue weighted by Gasteiger charge is 2.63. The lowest BCUT2D eigenvalue weighted by Gasteiger charge is -2.61. The molecule has 1 aliphatic heterocycles. The Labute approximate surface area is 171 Å². The van der Waals surface area contributed by atoms with Crippen LogP contribution in [0.1, 0.15) is 90.9 Å². The Kier molecular flexibility index (Phi) is 4.66. The first-order valence-corrected chi connectivity index (χ1v) is 12.1. The first-order valence-electron chi connectivity index (χ1n) is 12.1. The smallest absolute Gasteiger partial charge is 0.305 e. The average Bonchev–Trinajstić information content (AvgIpc) is 3.36. The van der Waals surface area contributed by atoms with Crippen LogP contribution in [-0.2, 0) is 14.3 Å². The highest BCUT2D eigenvalue weighted by Crippen LogP contribution is 2.69. The Morgan fingerprint density at radius 3 is 2.54 bits per heavy atom. The molecule has 0 N–H and O–H groups in total. The Bertz CT molecular complexity index is 625. The molecule has 8 atom stereocenters. The number of rotatable bonds is 4. The molecule has 3 heteroatoms.